The molecule has 0 saturated carbocycles. The van der Waals surface area contributed by atoms with E-state index in [4.69, 9.17) is 4.74 Å². The first-order chi connectivity index (χ1) is 18.6. The standard InChI is InChI=1S/C30H36FN5O3/c1-21(23-10-6-5-7-11-23)33-28-32-17-14-26(34-28)36(27(37)24-12-8-9-13-25(24)31)20-22-15-18-35(19-16-22)29(38)39-30(2,3)4/h5-14,17,21-22H,15-16,18-20H2,1-4H3,(H,32,33,34)/t21-/m0/s1. The Morgan fingerprint density at radius 2 is 1.74 bits per heavy atom. The molecule has 4 rings (SSSR count). The molecule has 2 aromatic carbocycles. The quantitative estimate of drug-likeness (QED) is 0.396. The number of hydrogen-bond donors (Lipinski definition) is 1. The van der Waals surface area contributed by atoms with Crippen LogP contribution >= 0.6 is 0 Å². The predicted octanol–water partition coefficient (Wildman–Crippen LogP) is 6.08. The number of anilines is 2. The maximum absolute atomic E-state index is 14.7. The number of likely N-dealkylation sites (tertiary alicyclic amines) is 1. The third-order valence-corrected chi connectivity index (χ3v) is 6.62. The van der Waals surface area contributed by atoms with Crippen LogP contribution in [0.25, 0.3) is 0 Å². The second-order valence-corrected chi connectivity index (χ2v) is 10.8. The van der Waals surface area contributed by atoms with Crippen molar-refractivity contribution in [3.05, 3.63) is 83.8 Å². The molecule has 1 aliphatic rings. The van der Waals surface area contributed by atoms with Gasteiger partial charge in [0, 0.05) is 25.8 Å². The number of halogens is 1. The van der Waals surface area contributed by atoms with E-state index in [0.717, 1.165) is 5.56 Å². The van der Waals surface area contributed by atoms with Crippen LogP contribution in [0.15, 0.2) is 66.9 Å². The van der Waals surface area contributed by atoms with Crippen LogP contribution in [-0.2, 0) is 4.74 Å². The van der Waals surface area contributed by atoms with Gasteiger partial charge in [0.15, 0.2) is 0 Å². The van der Waals surface area contributed by atoms with Crippen molar-refractivity contribution < 1.29 is 18.7 Å². The van der Waals surface area contributed by atoms with Crippen molar-refractivity contribution in [1.82, 2.24) is 14.9 Å². The summed E-state index contributed by atoms with van der Waals surface area (Å²) in [6.07, 6.45) is 2.62. The number of nitrogens with one attached hydrogen (secondary N) is 1. The largest absolute Gasteiger partial charge is 0.444 e. The SMILES string of the molecule is C[C@H](Nc1nccc(N(CC2CCN(C(=O)OC(C)(C)C)CC2)C(=O)c2ccccc2F)n1)c1ccccc1. The van der Waals surface area contributed by atoms with Crippen molar-refractivity contribution in [2.45, 2.75) is 52.2 Å². The molecule has 0 aliphatic carbocycles. The number of piperidine rings is 1. The maximum atomic E-state index is 14.7. The van der Waals surface area contributed by atoms with Crippen LogP contribution in [-0.4, -0.2) is 52.1 Å². The third kappa shape index (κ3) is 7.52. The molecule has 206 valence electrons. The Kier molecular flexibility index (Phi) is 8.79. The summed E-state index contributed by atoms with van der Waals surface area (Å²) in [7, 11) is 0. The van der Waals surface area contributed by atoms with E-state index in [9.17, 15) is 14.0 Å². The van der Waals surface area contributed by atoms with Gasteiger partial charge in [-0.3, -0.25) is 9.69 Å². The van der Waals surface area contributed by atoms with E-state index in [0.29, 0.717) is 44.2 Å². The first kappa shape index (κ1) is 28.0. The molecule has 2 heterocycles. The molecule has 1 fully saturated rings. The van der Waals surface area contributed by atoms with Crippen molar-refractivity contribution in [3.8, 4) is 0 Å². The van der Waals surface area contributed by atoms with Gasteiger partial charge in [-0.2, -0.15) is 4.98 Å². The number of carbonyl (C=O) groups excluding carboxylic acids is 2. The van der Waals surface area contributed by atoms with Gasteiger partial charge < -0.3 is 15.0 Å². The number of amides is 2. The molecule has 1 atom stereocenters. The van der Waals surface area contributed by atoms with Gasteiger partial charge in [-0.25, -0.2) is 14.2 Å². The van der Waals surface area contributed by atoms with Gasteiger partial charge in [0.1, 0.15) is 17.2 Å². The minimum atomic E-state index is -0.586. The summed E-state index contributed by atoms with van der Waals surface area (Å²) in [6, 6.07) is 17.5. The zero-order valence-corrected chi connectivity index (χ0v) is 22.9. The van der Waals surface area contributed by atoms with Gasteiger partial charge >= 0.3 is 6.09 Å². The molecule has 0 bridgehead atoms. The van der Waals surface area contributed by atoms with Gasteiger partial charge in [0.2, 0.25) is 5.95 Å². The van der Waals surface area contributed by atoms with Gasteiger partial charge in [-0.1, -0.05) is 42.5 Å². The van der Waals surface area contributed by atoms with E-state index in [1.54, 1.807) is 29.3 Å². The van der Waals surface area contributed by atoms with Crippen LogP contribution in [0.5, 0.6) is 0 Å². The zero-order chi connectivity index (χ0) is 28.0. The summed E-state index contributed by atoms with van der Waals surface area (Å²) in [6.45, 7) is 8.91. The highest BCUT2D eigenvalue weighted by Crippen LogP contribution is 2.26. The van der Waals surface area contributed by atoms with Crippen LogP contribution in [0, 0.1) is 11.7 Å². The number of carbonyl (C=O) groups is 2. The summed E-state index contributed by atoms with van der Waals surface area (Å²) in [5, 5.41) is 3.29. The van der Waals surface area contributed by atoms with E-state index in [2.05, 4.69) is 15.3 Å². The molecule has 1 aliphatic heterocycles. The highest BCUT2D eigenvalue weighted by Gasteiger charge is 2.30. The summed E-state index contributed by atoms with van der Waals surface area (Å²) in [5.41, 5.74) is 0.491. The monoisotopic (exact) mass is 533 g/mol. The van der Waals surface area contributed by atoms with Gasteiger partial charge in [0.25, 0.3) is 5.91 Å². The second-order valence-electron chi connectivity index (χ2n) is 10.8. The minimum absolute atomic E-state index is 0.0190. The number of aromatic nitrogens is 2. The normalized spacial score (nSPS) is 14.9. The smallest absolute Gasteiger partial charge is 0.410 e. The number of ether oxygens (including phenoxy) is 1. The molecule has 1 saturated heterocycles. The summed E-state index contributed by atoms with van der Waals surface area (Å²) in [5.74, 6) is -0.208. The maximum Gasteiger partial charge on any atom is 0.410 e. The minimum Gasteiger partial charge on any atom is -0.444 e. The number of rotatable bonds is 7. The van der Waals surface area contributed by atoms with E-state index in [-0.39, 0.29) is 23.6 Å². The van der Waals surface area contributed by atoms with Crippen LogP contribution in [0.4, 0.5) is 21.0 Å². The Bertz CT molecular complexity index is 1270. The lowest BCUT2D eigenvalue weighted by Crippen LogP contribution is -2.45. The molecule has 8 nitrogen and oxygen atoms in total. The molecule has 0 unspecified atom stereocenters. The fourth-order valence-electron chi connectivity index (χ4n) is 4.53. The van der Waals surface area contributed by atoms with E-state index in [1.807, 2.05) is 58.0 Å². The van der Waals surface area contributed by atoms with E-state index in [1.165, 1.54) is 17.0 Å². The summed E-state index contributed by atoms with van der Waals surface area (Å²) < 4.78 is 20.2. The Balaban J connectivity index is 1.53. The van der Waals surface area contributed by atoms with Crippen LogP contribution in [0.1, 0.15) is 62.5 Å². The van der Waals surface area contributed by atoms with E-state index < -0.39 is 17.3 Å². The topological polar surface area (TPSA) is 87.7 Å². The van der Waals surface area contributed by atoms with Crippen LogP contribution in [0.3, 0.4) is 0 Å². The lowest BCUT2D eigenvalue weighted by Gasteiger charge is -2.35. The predicted molar refractivity (Wildman–Crippen MR) is 149 cm³/mol. The average Bonchev–Trinajstić information content (AvgIpc) is 2.91. The molecule has 3 aromatic rings. The van der Waals surface area contributed by atoms with Gasteiger partial charge in [-0.05, 0) is 70.2 Å². The number of hydrogen-bond acceptors (Lipinski definition) is 6. The van der Waals surface area contributed by atoms with Gasteiger partial charge in [-0.15, -0.1) is 0 Å². The van der Waals surface area contributed by atoms with Gasteiger partial charge in [0.05, 0.1) is 11.6 Å². The highest BCUT2D eigenvalue weighted by atomic mass is 19.1. The lowest BCUT2D eigenvalue weighted by atomic mass is 9.96. The molecule has 1 N–H and O–H groups in total. The Labute approximate surface area is 229 Å². The highest BCUT2D eigenvalue weighted by molar-refractivity contribution is 6.05. The van der Waals surface area contributed by atoms with Crippen molar-refractivity contribution >= 4 is 23.8 Å². The summed E-state index contributed by atoms with van der Waals surface area (Å²) >= 11 is 0. The third-order valence-electron chi connectivity index (χ3n) is 6.62. The molecule has 0 spiro atoms. The van der Waals surface area contributed by atoms with Crippen molar-refractivity contribution in [1.29, 1.82) is 0 Å². The van der Waals surface area contributed by atoms with Crippen molar-refractivity contribution in [3.63, 3.8) is 0 Å². The molecular weight excluding hydrogens is 497 g/mol. The van der Waals surface area contributed by atoms with Crippen LogP contribution in [0.2, 0.25) is 0 Å². The first-order valence-electron chi connectivity index (χ1n) is 13.3. The molecule has 1 aromatic heterocycles. The average molecular weight is 534 g/mol. The number of benzene rings is 2. The van der Waals surface area contributed by atoms with Crippen molar-refractivity contribution in [2.24, 2.45) is 5.92 Å². The molecule has 2 amide bonds. The zero-order valence-electron chi connectivity index (χ0n) is 22.9. The fraction of sp³-hybridized carbons (Fsp3) is 0.400. The molecule has 39 heavy (non-hydrogen) atoms. The molecule has 0 radical (unpaired) electrons. The number of nitrogens with zero attached hydrogens (tertiary/aromatic N) is 4. The Morgan fingerprint density at radius 3 is 2.41 bits per heavy atom. The van der Waals surface area contributed by atoms with Crippen molar-refractivity contribution in [2.75, 3.05) is 29.9 Å². The Hall–Kier alpha value is -4.01. The second kappa shape index (κ2) is 12.2. The summed E-state index contributed by atoms with van der Waals surface area (Å²) in [4.78, 5) is 38.3. The lowest BCUT2D eigenvalue weighted by molar-refractivity contribution is 0.0185. The van der Waals surface area contributed by atoms with Crippen LogP contribution < -0.4 is 10.2 Å². The van der Waals surface area contributed by atoms with E-state index >= 15 is 0 Å². The Morgan fingerprint density at radius 1 is 1.08 bits per heavy atom. The molecular formula is C30H36FN5O3. The first-order valence-corrected chi connectivity index (χ1v) is 13.3. The fourth-order valence-corrected chi connectivity index (χ4v) is 4.53. The molecule has 9 heteroatoms.